The minimum absolute atomic E-state index is 0.176. The van der Waals surface area contributed by atoms with Crippen LogP contribution in [-0.4, -0.2) is 48.4 Å². The van der Waals surface area contributed by atoms with Crippen LogP contribution in [-0.2, 0) is 0 Å². The molecule has 1 aromatic rings. The third-order valence-electron chi connectivity index (χ3n) is 5.08. The molecule has 0 bridgehead atoms. The second kappa shape index (κ2) is 6.01. The molecule has 1 aromatic carbocycles. The van der Waals surface area contributed by atoms with Crippen LogP contribution in [0.4, 0.5) is 0 Å². The van der Waals surface area contributed by atoms with Crippen molar-refractivity contribution in [1.82, 2.24) is 9.80 Å². The molecule has 3 nitrogen and oxygen atoms in total. The predicted molar refractivity (Wildman–Crippen MR) is 88.1 cm³/mol. The van der Waals surface area contributed by atoms with Crippen LogP contribution in [0.25, 0.3) is 0 Å². The molecule has 4 heteroatoms. The fraction of sp³-hybridized carbons (Fsp3) is 0.588. The van der Waals surface area contributed by atoms with E-state index in [2.05, 4.69) is 29.5 Å². The van der Waals surface area contributed by atoms with Crippen molar-refractivity contribution >= 4 is 18.5 Å². The molecule has 2 unspecified atom stereocenters. The number of hydrogen-bond donors (Lipinski definition) is 1. The van der Waals surface area contributed by atoms with Crippen LogP contribution in [0.1, 0.15) is 35.2 Å². The number of benzene rings is 1. The minimum Gasteiger partial charge on any atom is -0.338 e. The number of likely N-dealkylation sites (tertiary alicyclic amines) is 2. The Morgan fingerprint density at radius 3 is 2.90 bits per heavy atom. The van der Waals surface area contributed by atoms with E-state index in [9.17, 15) is 4.79 Å². The van der Waals surface area contributed by atoms with E-state index in [0.29, 0.717) is 12.0 Å². The molecular weight excluding hydrogens is 280 g/mol. The zero-order valence-electron chi connectivity index (χ0n) is 12.9. The summed E-state index contributed by atoms with van der Waals surface area (Å²) < 4.78 is 0. The quantitative estimate of drug-likeness (QED) is 0.807. The van der Waals surface area contributed by atoms with Gasteiger partial charge in [0, 0.05) is 29.6 Å². The molecule has 0 radical (unpaired) electrons. The number of carbonyl (C=O) groups excluding carboxylic acids is 1. The van der Waals surface area contributed by atoms with Gasteiger partial charge in [0.05, 0.1) is 0 Å². The Balaban J connectivity index is 1.76. The number of thiol groups is 1. The van der Waals surface area contributed by atoms with Crippen LogP contribution >= 0.6 is 12.6 Å². The molecule has 2 fully saturated rings. The van der Waals surface area contributed by atoms with Crippen molar-refractivity contribution in [2.75, 3.05) is 26.7 Å². The zero-order chi connectivity index (χ0) is 15.0. The molecule has 2 aliphatic rings. The van der Waals surface area contributed by atoms with Crippen LogP contribution in [0.5, 0.6) is 0 Å². The van der Waals surface area contributed by atoms with E-state index in [-0.39, 0.29) is 5.91 Å². The molecule has 0 aromatic heterocycles. The monoisotopic (exact) mass is 304 g/mol. The topological polar surface area (TPSA) is 23.6 Å². The van der Waals surface area contributed by atoms with E-state index in [0.717, 1.165) is 35.5 Å². The maximum absolute atomic E-state index is 12.8. The first kappa shape index (κ1) is 14.9. The molecule has 0 aliphatic carbocycles. The summed E-state index contributed by atoms with van der Waals surface area (Å²) in [6.07, 6.45) is 3.61. The first-order chi connectivity index (χ1) is 10.1. The highest BCUT2D eigenvalue weighted by molar-refractivity contribution is 7.80. The largest absolute Gasteiger partial charge is 0.338 e. The van der Waals surface area contributed by atoms with Crippen LogP contribution in [0.3, 0.4) is 0 Å². The molecule has 3 rings (SSSR count). The lowest BCUT2D eigenvalue weighted by Crippen LogP contribution is -2.53. The van der Waals surface area contributed by atoms with Crippen LogP contribution in [0, 0.1) is 12.8 Å². The highest BCUT2D eigenvalue weighted by atomic mass is 32.1. The van der Waals surface area contributed by atoms with Crippen molar-refractivity contribution in [2.45, 2.75) is 37.1 Å². The van der Waals surface area contributed by atoms with Crippen molar-refractivity contribution in [3.05, 3.63) is 29.3 Å². The molecule has 0 saturated carbocycles. The Hall–Kier alpha value is -1.00. The van der Waals surface area contributed by atoms with E-state index in [1.165, 1.54) is 19.4 Å². The summed E-state index contributed by atoms with van der Waals surface area (Å²) in [5.74, 6) is 0.816. The number of carbonyl (C=O) groups is 1. The molecular formula is C17H24N2OS. The lowest BCUT2D eigenvalue weighted by Gasteiger charge is -2.46. The predicted octanol–water partition coefficient (Wildman–Crippen LogP) is 2.84. The number of aryl methyl sites for hydroxylation is 1. The maximum atomic E-state index is 12.8. The third kappa shape index (κ3) is 2.97. The van der Waals surface area contributed by atoms with Crippen molar-refractivity contribution in [2.24, 2.45) is 5.92 Å². The van der Waals surface area contributed by atoms with Crippen molar-refractivity contribution < 1.29 is 4.79 Å². The fourth-order valence-corrected chi connectivity index (χ4v) is 4.05. The smallest absolute Gasteiger partial charge is 0.254 e. The third-order valence-corrected chi connectivity index (χ3v) is 5.36. The van der Waals surface area contributed by atoms with Gasteiger partial charge in [0.1, 0.15) is 0 Å². The highest BCUT2D eigenvalue weighted by Gasteiger charge is 2.36. The van der Waals surface area contributed by atoms with Crippen LogP contribution in [0.2, 0.25) is 0 Å². The Bertz CT molecular complexity index is 546. The van der Waals surface area contributed by atoms with Gasteiger partial charge in [-0.2, -0.15) is 0 Å². The molecule has 1 amide bonds. The van der Waals surface area contributed by atoms with E-state index < -0.39 is 0 Å². The first-order valence-electron chi connectivity index (χ1n) is 7.85. The lowest BCUT2D eigenvalue weighted by molar-refractivity contribution is 0.0316. The zero-order valence-corrected chi connectivity index (χ0v) is 13.8. The van der Waals surface area contributed by atoms with Gasteiger partial charge in [0.25, 0.3) is 5.91 Å². The normalized spacial score (nSPS) is 26.5. The number of amides is 1. The van der Waals surface area contributed by atoms with Gasteiger partial charge in [-0.3, -0.25) is 4.79 Å². The van der Waals surface area contributed by atoms with Crippen LogP contribution < -0.4 is 0 Å². The summed E-state index contributed by atoms with van der Waals surface area (Å²) in [6, 6.07) is 6.49. The Morgan fingerprint density at radius 1 is 1.29 bits per heavy atom. The van der Waals surface area contributed by atoms with Gasteiger partial charge in [0.2, 0.25) is 0 Å². The second-order valence-electron chi connectivity index (χ2n) is 6.49. The van der Waals surface area contributed by atoms with Crippen molar-refractivity contribution in [3.63, 3.8) is 0 Å². The number of rotatable bonds is 1. The van der Waals surface area contributed by atoms with Gasteiger partial charge < -0.3 is 9.80 Å². The standard InChI is InChI=1S/C17H24N2OS/c1-12-5-6-14(21)10-15(12)17(20)19-9-7-16-13(11-19)4-3-8-18(16)2/h5-6,10,13,16,21H,3-4,7-9,11H2,1-2H3. The van der Waals surface area contributed by atoms with Gasteiger partial charge >= 0.3 is 0 Å². The fourth-order valence-electron chi connectivity index (χ4n) is 3.85. The maximum Gasteiger partial charge on any atom is 0.254 e. The van der Waals surface area contributed by atoms with Gasteiger partial charge in [-0.1, -0.05) is 6.07 Å². The average molecular weight is 304 g/mol. The number of piperidine rings is 2. The Morgan fingerprint density at radius 2 is 2.10 bits per heavy atom. The molecule has 2 saturated heterocycles. The summed E-state index contributed by atoms with van der Waals surface area (Å²) in [6.45, 7) is 4.99. The van der Waals surface area contributed by atoms with E-state index in [4.69, 9.17) is 0 Å². The highest BCUT2D eigenvalue weighted by Crippen LogP contribution is 2.30. The molecule has 114 valence electrons. The summed E-state index contributed by atoms with van der Waals surface area (Å²) in [7, 11) is 2.23. The number of nitrogens with zero attached hydrogens (tertiary/aromatic N) is 2. The SMILES string of the molecule is Cc1ccc(S)cc1C(=O)N1CCC2C(CCCN2C)C1. The summed E-state index contributed by atoms with van der Waals surface area (Å²) in [5, 5.41) is 0. The van der Waals surface area contributed by atoms with Gasteiger partial charge in [-0.15, -0.1) is 12.6 Å². The van der Waals surface area contributed by atoms with Crippen molar-refractivity contribution in [3.8, 4) is 0 Å². The van der Waals surface area contributed by atoms with E-state index >= 15 is 0 Å². The lowest BCUT2D eigenvalue weighted by atomic mass is 9.84. The van der Waals surface area contributed by atoms with Crippen LogP contribution in [0.15, 0.2) is 23.1 Å². The summed E-state index contributed by atoms with van der Waals surface area (Å²) >= 11 is 4.37. The first-order valence-corrected chi connectivity index (χ1v) is 8.30. The molecule has 21 heavy (non-hydrogen) atoms. The Kier molecular flexibility index (Phi) is 4.27. The van der Waals surface area contributed by atoms with E-state index in [1.807, 2.05) is 25.1 Å². The molecule has 2 aliphatic heterocycles. The second-order valence-corrected chi connectivity index (χ2v) is 7.01. The molecule has 0 N–H and O–H groups in total. The molecule has 0 spiro atoms. The van der Waals surface area contributed by atoms with Gasteiger partial charge in [-0.25, -0.2) is 0 Å². The van der Waals surface area contributed by atoms with E-state index in [1.54, 1.807) is 0 Å². The van der Waals surface area contributed by atoms with Gasteiger partial charge in [-0.05, 0) is 63.4 Å². The Labute approximate surface area is 132 Å². The molecule has 2 heterocycles. The minimum atomic E-state index is 0.176. The van der Waals surface area contributed by atoms with Gasteiger partial charge in [0.15, 0.2) is 0 Å². The molecule has 2 atom stereocenters. The number of fused-ring (bicyclic) bond motifs is 1. The summed E-state index contributed by atoms with van der Waals surface area (Å²) in [5.41, 5.74) is 1.85. The van der Waals surface area contributed by atoms with Crippen molar-refractivity contribution in [1.29, 1.82) is 0 Å². The number of hydrogen-bond acceptors (Lipinski definition) is 3. The summed E-state index contributed by atoms with van der Waals surface area (Å²) in [4.78, 5) is 18.2. The average Bonchev–Trinajstić information content (AvgIpc) is 2.49.